The number of rotatable bonds is 4. The van der Waals surface area contributed by atoms with Gasteiger partial charge in [-0.05, 0) is 41.1 Å². The first-order chi connectivity index (χ1) is 9.47. The Morgan fingerprint density at radius 1 is 1.45 bits per heavy atom. The van der Waals surface area contributed by atoms with Crippen LogP contribution in [0.25, 0.3) is 0 Å². The van der Waals surface area contributed by atoms with Gasteiger partial charge in [0.15, 0.2) is 0 Å². The van der Waals surface area contributed by atoms with Crippen molar-refractivity contribution in [2.75, 3.05) is 11.9 Å². The van der Waals surface area contributed by atoms with E-state index in [0.29, 0.717) is 16.8 Å². The van der Waals surface area contributed by atoms with E-state index in [2.05, 4.69) is 25.9 Å². The van der Waals surface area contributed by atoms with Crippen molar-refractivity contribution in [1.82, 2.24) is 9.97 Å². The lowest BCUT2D eigenvalue weighted by Crippen LogP contribution is -2.21. The third kappa shape index (κ3) is 3.33. The third-order valence-corrected chi connectivity index (χ3v) is 3.20. The molecule has 5 nitrogen and oxygen atoms in total. The second-order valence-electron chi connectivity index (χ2n) is 4.46. The fraction of sp³-hybridized carbons (Fsp3) is 0.214. The highest BCUT2D eigenvalue weighted by Crippen LogP contribution is 2.22. The van der Waals surface area contributed by atoms with E-state index in [1.165, 1.54) is 0 Å². The zero-order chi connectivity index (χ0) is 14.7. The molecular weight excluding hydrogens is 322 g/mol. The van der Waals surface area contributed by atoms with Gasteiger partial charge in [-0.25, -0.2) is 9.78 Å². The van der Waals surface area contributed by atoms with Gasteiger partial charge in [-0.1, -0.05) is 6.07 Å². The second-order valence-corrected chi connectivity index (χ2v) is 5.37. The molecule has 0 unspecified atom stereocenters. The molecule has 0 spiro atoms. The van der Waals surface area contributed by atoms with Crippen LogP contribution in [-0.4, -0.2) is 28.1 Å². The Morgan fingerprint density at radius 3 is 2.85 bits per heavy atom. The van der Waals surface area contributed by atoms with E-state index in [-0.39, 0.29) is 5.56 Å². The smallest absolute Gasteiger partial charge is 0.339 e. The molecule has 0 saturated carbocycles. The van der Waals surface area contributed by atoms with E-state index in [4.69, 9.17) is 0 Å². The molecule has 2 rings (SSSR count). The molecule has 0 aliphatic carbocycles. The highest BCUT2D eigenvalue weighted by molar-refractivity contribution is 9.10. The van der Waals surface area contributed by atoms with Crippen molar-refractivity contribution in [3.05, 3.63) is 51.9 Å². The number of aromatic carboxylic acids is 1. The summed E-state index contributed by atoms with van der Waals surface area (Å²) in [6.07, 6.45) is 1.59. The van der Waals surface area contributed by atoms with E-state index in [1.807, 2.05) is 25.1 Å². The maximum Gasteiger partial charge on any atom is 0.339 e. The number of hydrogen-bond donors (Lipinski definition) is 1. The molecule has 1 N–H and O–H groups in total. The number of anilines is 1. The number of aromatic nitrogens is 2. The molecular formula is C14H14BrN3O2. The quantitative estimate of drug-likeness (QED) is 0.930. The zero-order valence-electron chi connectivity index (χ0n) is 11.2. The summed E-state index contributed by atoms with van der Waals surface area (Å²) < 4.78 is 0.640. The lowest BCUT2D eigenvalue weighted by molar-refractivity contribution is 0.0697. The third-order valence-electron chi connectivity index (χ3n) is 2.77. The lowest BCUT2D eigenvalue weighted by atomic mass is 10.2. The number of carboxylic acids is 1. The molecule has 2 heterocycles. The predicted octanol–water partition coefficient (Wildman–Crippen LogP) is 2.88. The number of nitrogens with zero attached hydrogens (tertiary/aromatic N) is 3. The number of aryl methyl sites for hydroxylation is 1. The molecule has 20 heavy (non-hydrogen) atoms. The summed E-state index contributed by atoms with van der Waals surface area (Å²) in [6, 6.07) is 7.30. The fourth-order valence-corrected chi connectivity index (χ4v) is 2.23. The molecule has 0 aromatic carbocycles. The summed E-state index contributed by atoms with van der Waals surface area (Å²) >= 11 is 3.23. The molecule has 2 aromatic heterocycles. The van der Waals surface area contributed by atoms with Crippen molar-refractivity contribution < 1.29 is 9.90 Å². The summed E-state index contributed by atoms with van der Waals surface area (Å²) in [5.74, 6) is -0.582. The summed E-state index contributed by atoms with van der Waals surface area (Å²) in [4.78, 5) is 21.7. The molecule has 104 valence electrons. The van der Waals surface area contributed by atoms with Crippen molar-refractivity contribution >= 4 is 27.7 Å². The van der Waals surface area contributed by atoms with Gasteiger partial charge in [0.25, 0.3) is 0 Å². The predicted molar refractivity (Wildman–Crippen MR) is 80.0 cm³/mol. The summed E-state index contributed by atoms with van der Waals surface area (Å²) in [6.45, 7) is 2.42. The summed E-state index contributed by atoms with van der Waals surface area (Å²) in [5, 5.41) is 9.25. The first kappa shape index (κ1) is 14.5. The maximum atomic E-state index is 11.3. The van der Waals surface area contributed by atoms with Gasteiger partial charge < -0.3 is 10.0 Å². The van der Waals surface area contributed by atoms with Crippen LogP contribution in [-0.2, 0) is 6.54 Å². The molecule has 0 atom stereocenters. The van der Waals surface area contributed by atoms with Gasteiger partial charge in [0.1, 0.15) is 11.4 Å². The first-order valence-corrected chi connectivity index (χ1v) is 6.79. The molecule has 0 aliphatic heterocycles. The van der Waals surface area contributed by atoms with Gasteiger partial charge in [-0.3, -0.25) is 4.98 Å². The van der Waals surface area contributed by atoms with Crippen LogP contribution in [0.3, 0.4) is 0 Å². The minimum absolute atomic E-state index is 0.162. The highest BCUT2D eigenvalue weighted by atomic mass is 79.9. The van der Waals surface area contributed by atoms with Crippen molar-refractivity contribution in [2.45, 2.75) is 13.5 Å². The topological polar surface area (TPSA) is 66.3 Å². The summed E-state index contributed by atoms with van der Waals surface area (Å²) in [5.41, 5.74) is 1.96. The van der Waals surface area contributed by atoms with Gasteiger partial charge in [0.05, 0.1) is 12.2 Å². The minimum Gasteiger partial charge on any atom is -0.478 e. The van der Waals surface area contributed by atoms with E-state index >= 15 is 0 Å². The number of carboxylic acid groups (broad SMARTS) is 1. The molecule has 0 fully saturated rings. The van der Waals surface area contributed by atoms with Gasteiger partial charge in [-0.2, -0.15) is 0 Å². The average molecular weight is 336 g/mol. The van der Waals surface area contributed by atoms with E-state index in [1.54, 1.807) is 24.2 Å². The van der Waals surface area contributed by atoms with Crippen LogP contribution in [0.2, 0.25) is 0 Å². The molecule has 6 heteroatoms. The number of hydrogen-bond acceptors (Lipinski definition) is 4. The second kappa shape index (κ2) is 6.00. The molecule has 0 aliphatic rings. The van der Waals surface area contributed by atoms with Gasteiger partial charge in [0.2, 0.25) is 0 Å². The largest absolute Gasteiger partial charge is 0.478 e. The van der Waals surface area contributed by atoms with Crippen LogP contribution in [0.5, 0.6) is 0 Å². The van der Waals surface area contributed by atoms with Gasteiger partial charge in [0, 0.05) is 23.4 Å². The fourth-order valence-electron chi connectivity index (χ4n) is 1.90. The van der Waals surface area contributed by atoms with Crippen molar-refractivity contribution in [1.29, 1.82) is 0 Å². The Balaban J connectivity index is 2.29. The minimum atomic E-state index is -1.00. The monoisotopic (exact) mass is 335 g/mol. The maximum absolute atomic E-state index is 11.3. The number of carbonyl (C=O) groups is 1. The van der Waals surface area contributed by atoms with E-state index in [0.717, 1.165) is 11.4 Å². The Morgan fingerprint density at radius 2 is 2.20 bits per heavy atom. The molecule has 2 aromatic rings. The van der Waals surface area contributed by atoms with Crippen molar-refractivity contribution in [3.63, 3.8) is 0 Å². The summed E-state index contributed by atoms with van der Waals surface area (Å²) in [7, 11) is 1.80. The molecule has 0 saturated heterocycles. The Kier molecular flexibility index (Phi) is 4.34. The Bertz CT molecular complexity index is 646. The first-order valence-electron chi connectivity index (χ1n) is 6.00. The SMILES string of the molecule is Cc1cccc(CN(C)c2ncc(Br)cc2C(=O)O)n1. The molecule has 0 radical (unpaired) electrons. The molecule has 0 amide bonds. The molecule has 0 bridgehead atoms. The lowest BCUT2D eigenvalue weighted by Gasteiger charge is -2.19. The van der Waals surface area contributed by atoms with Crippen LogP contribution >= 0.6 is 15.9 Å². The number of pyridine rings is 2. The van der Waals surface area contributed by atoms with Crippen molar-refractivity contribution in [3.8, 4) is 0 Å². The van der Waals surface area contributed by atoms with Crippen LogP contribution < -0.4 is 4.90 Å². The van der Waals surface area contributed by atoms with Gasteiger partial charge >= 0.3 is 5.97 Å². The Labute approximate surface area is 125 Å². The van der Waals surface area contributed by atoms with E-state index < -0.39 is 5.97 Å². The van der Waals surface area contributed by atoms with Crippen LogP contribution in [0.15, 0.2) is 34.9 Å². The van der Waals surface area contributed by atoms with Crippen LogP contribution in [0, 0.1) is 6.92 Å². The van der Waals surface area contributed by atoms with Crippen LogP contribution in [0.4, 0.5) is 5.82 Å². The average Bonchev–Trinajstić information content (AvgIpc) is 2.38. The van der Waals surface area contributed by atoms with Gasteiger partial charge in [-0.15, -0.1) is 0 Å². The Hall–Kier alpha value is -1.95. The number of halogens is 1. The standard InChI is InChI=1S/C14H14BrN3O2/c1-9-4-3-5-11(17-9)8-18(2)13-12(14(19)20)6-10(15)7-16-13/h3-7H,8H2,1-2H3,(H,19,20). The normalized spacial score (nSPS) is 10.3. The van der Waals surface area contributed by atoms with Crippen molar-refractivity contribution in [2.24, 2.45) is 0 Å². The highest BCUT2D eigenvalue weighted by Gasteiger charge is 2.16. The van der Waals surface area contributed by atoms with E-state index in [9.17, 15) is 9.90 Å². The van der Waals surface area contributed by atoms with Crippen LogP contribution in [0.1, 0.15) is 21.7 Å². The zero-order valence-corrected chi connectivity index (χ0v) is 12.8.